The summed E-state index contributed by atoms with van der Waals surface area (Å²) in [5.41, 5.74) is 1.24. The zero-order valence-electron chi connectivity index (χ0n) is 14.6. The number of amides is 1. The van der Waals surface area contributed by atoms with E-state index in [1.807, 2.05) is 6.92 Å². The number of carbonyl (C=O) groups is 1. The Hall–Kier alpha value is -2.38. The highest BCUT2D eigenvalue weighted by Gasteiger charge is 2.37. The normalized spacial score (nSPS) is 18.4. The minimum Gasteiger partial charge on any atom is -0.506 e. The first kappa shape index (κ1) is 18.4. The maximum absolute atomic E-state index is 13.0. The number of aromatic hydroxyl groups is 1. The number of nitrogens with one attached hydrogen (secondary N) is 1. The van der Waals surface area contributed by atoms with Crippen molar-refractivity contribution >= 4 is 21.6 Å². The van der Waals surface area contributed by atoms with Gasteiger partial charge in [-0.1, -0.05) is 36.2 Å². The molecule has 0 saturated carbocycles. The summed E-state index contributed by atoms with van der Waals surface area (Å²) in [7, 11) is -3.77. The fraction of sp³-hybridized carbons (Fsp3) is 0.316. The summed E-state index contributed by atoms with van der Waals surface area (Å²) in [6, 6.07) is 12.2. The SMILES string of the molecule is Cc1ccc(S(=O)(=O)N2CCCCC2C(=O)Nc2ccccc2O)cc1. The van der Waals surface area contributed by atoms with Crippen LogP contribution in [-0.4, -0.2) is 36.3 Å². The monoisotopic (exact) mass is 374 g/mol. The first-order chi connectivity index (χ1) is 12.4. The fourth-order valence-corrected chi connectivity index (χ4v) is 4.75. The number of carbonyl (C=O) groups excluding carboxylic acids is 1. The first-order valence-electron chi connectivity index (χ1n) is 8.57. The summed E-state index contributed by atoms with van der Waals surface area (Å²) >= 11 is 0. The van der Waals surface area contributed by atoms with E-state index in [0.29, 0.717) is 19.4 Å². The van der Waals surface area contributed by atoms with Crippen LogP contribution in [0.25, 0.3) is 0 Å². The molecule has 26 heavy (non-hydrogen) atoms. The van der Waals surface area contributed by atoms with Gasteiger partial charge in [-0.05, 0) is 44.0 Å². The lowest BCUT2D eigenvalue weighted by Gasteiger charge is -2.33. The van der Waals surface area contributed by atoms with E-state index in [4.69, 9.17) is 0 Å². The van der Waals surface area contributed by atoms with Crippen molar-refractivity contribution in [3.05, 3.63) is 54.1 Å². The van der Waals surface area contributed by atoms with Gasteiger partial charge in [0, 0.05) is 6.54 Å². The topological polar surface area (TPSA) is 86.7 Å². The molecule has 0 radical (unpaired) electrons. The van der Waals surface area contributed by atoms with E-state index >= 15 is 0 Å². The van der Waals surface area contributed by atoms with Crippen molar-refractivity contribution in [2.45, 2.75) is 37.1 Å². The highest BCUT2D eigenvalue weighted by molar-refractivity contribution is 7.89. The Balaban J connectivity index is 1.86. The Labute approximate surface area is 153 Å². The Bertz CT molecular complexity index is 894. The van der Waals surface area contributed by atoms with Gasteiger partial charge in [-0.3, -0.25) is 4.79 Å². The average molecular weight is 374 g/mol. The molecule has 1 heterocycles. The van der Waals surface area contributed by atoms with Crippen molar-refractivity contribution in [3.63, 3.8) is 0 Å². The van der Waals surface area contributed by atoms with Gasteiger partial charge in [0.1, 0.15) is 11.8 Å². The highest BCUT2D eigenvalue weighted by atomic mass is 32.2. The number of sulfonamides is 1. The molecule has 1 atom stereocenters. The Kier molecular flexibility index (Phi) is 5.29. The summed E-state index contributed by atoms with van der Waals surface area (Å²) in [4.78, 5) is 12.9. The molecule has 1 saturated heterocycles. The fourth-order valence-electron chi connectivity index (χ4n) is 3.10. The van der Waals surface area contributed by atoms with Crippen LogP contribution in [0, 0.1) is 6.92 Å². The van der Waals surface area contributed by atoms with Crippen molar-refractivity contribution in [1.82, 2.24) is 4.31 Å². The van der Waals surface area contributed by atoms with E-state index < -0.39 is 22.0 Å². The number of phenolic OH excluding ortho intramolecular Hbond substituents is 1. The maximum Gasteiger partial charge on any atom is 0.243 e. The second kappa shape index (κ2) is 7.47. The quantitative estimate of drug-likeness (QED) is 0.806. The molecule has 0 aromatic heterocycles. The van der Waals surface area contributed by atoms with Gasteiger partial charge in [-0.2, -0.15) is 4.31 Å². The molecule has 2 N–H and O–H groups in total. The third-order valence-corrected chi connectivity index (χ3v) is 6.47. The summed E-state index contributed by atoms with van der Waals surface area (Å²) in [5.74, 6) is -0.480. The summed E-state index contributed by atoms with van der Waals surface area (Å²) in [5, 5.41) is 12.5. The molecule has 138 valence electrons. The van der Waals surface area contributed by atoms with Gasteiger partial charge in [0.2, 0.25) is 15.9 Å². The summed E-state index contributed by atoms with van der Waals surface area (Å²) in [6.07, 6.45) is 1.94. The minimum absolute atomic E-state index is 0.0513. The van der Waals surface area contributed by atoms with Crippen LogP contribution >= 0.6 is 0 Å². The molecule has 2 aromatic carbocycles. The molecule has 1 aliphatic rings. The number of hydrogen-bond donors (Lipinski definition) is 2. The van der Waals surface area contributed by atoms with Gasteiger partial charge < -0.3 is 10.4 Å². The van der Waals surface area contributed by atoms with Crippen LogP contribution in [0.15, 0.2) is 53.4 Å². The van der Waals surface area contributed by atoms with Crippen molar-refractivity contribution in [2.75, 3.05) is 11.9 Å². The van der Waals surface area contributed by atoms with E-state index in [-0.39, 0.29) is 16.3 Å². The second-order valence-corrected chi connectivity index (χ2v) is 8.34. The zero-order chi connectivity index (χ0) is 18.7. The van der Waals surface area contributed by atoms with Crippen LogP contribution in [0.1, 0.15) is 24.8 Å². The molecule has 0 spiro atoms. The van der Waals surface area contributed by atoms with Crippen LogP contribution in [-0.2, 0) is 14.8 Å². The number of hydrogen-bond acceptors (Lipinski definition) is 4. The number of phenols is 1. The third kappa shape index (κ3) is 3.73. The lowest BCUT2D eigenvalue weighted by atomic mass is 10.0. The molecule has 0 aliphatic carbocycles. The van der Waals surface area contributed by atoms with E-state index in [1.165, 1.54) is 10.4 Å². The van der Waals surface area contributed by atoms with Crippen molar-refractivity contribution in [3.8, 4) is 5.75 Å². The van der Waals surface area contributed by atoms with Crippen LogP contribution in [0.3, 0.4) is 0 Å². The third-order valence-electron chi connectivity index (χ3n) is 4.55. The van der Waals surface area contributed by atoms with Gasteiger partial charge in [0.25, 0.3) is 0 Å². The smallest absolute Gasteiger partial charge is 0.243 e. The number of rotatable bonds is 4. The average Bonchev–Trinajstić information content (AvgIpc) is 2.64. The molecule has 2 aromatic rings. The predicted molar refractivity (Wildman–Crippen MR) is 99.4 cm³/mol. The molecule has 1 fully saturated rings. The number of nitrogens with zero attached hydrogens (tertiary/aromatic N) is 1. The van der Waals surface area contributed by atoms with E-state index in [9.17, 15) is 18.3 Å². The molecule has 0 bridgehead atoms. The number of benzene rings is 2. The van der Waals surface area contributed by atoms with Crippen LogP contribution in [0.4, 0.5) is 5.69 Å². The van der Waals surface area contributed by atoms with Gasteiger partial charge >= 0.3 is 0 Å². The Morgan fingerprint density at radius 2 is 1.81 bits per heavy atom. The number of aryl methyl sites for hydroxylation is 1. The molecular formula is C19H22N2O4S. The number of piperidine rings is 1. The Morgan fingerprint density at radius 3 is 2.50 bits per heavy atom. The van der Waals surface area contributed by atoms with Crippen molar-refractivity contribution in [1.29, 1.82) is 0 Å². The summed E-state index contributed by atoms with van der Waals surface area (Å²) in [6.45, 7) is 2.19. The first-order valence-corrected chi connectivity index (χ1v) is 10.0. The molecule has 3 rings (SSSR count). The molecule has 7 heteroatoms. The summed E-state index contributed by atoms with van der Waals surface area (Å²) < 4.78 is 27.3. The predicted octanol–water partition coefficient (Wildman–Crippen LogP) is 2.88. The lowest BCUT2D eigenvalue weighted by Crippen LogP contribution is -2.49. The standard InChI is InChI=1S/C19H22N2O4S/c1-14-9-11-15(12-10-14)26(24,25)21-13-5-4-7-17(21)19(23)20-16-6-2-3-8-18(16)22/h2-3,6,8-12,17,22H,4-5,7,13H2,1H3,(H,20,23). The molecule has 1 unspecified atom stereocenters. The maximum atomic E-state index is 13.0. The number of para-hydroxylation sites is 2. The van der Waals surface area contributed by atoms with E-state index in [0.717, 1.165) is 12.0 Å². The molecular weight excluding hydrogens is 352 g/mol. The second-order valence-electron chi connectivity index (χ2n) is 6.45. The van der Waals surface area contributed by atoms with Crippen molar-refractivity contribution in [2.24, 2.45) is 0 Å². The van der Waals surface area contributed by atoms with Crippen molar-refractivity contribution < 1.29 is 18.3 Å². The molecule has 1 amide bonds. The number of anilines is 1. The highest BCUT2D eigenvalue weighted by Crippen LogP contribution is 2.28. The zero-order valence-corrected chi connectivity index (χ0v) is 15.4. The van der Waals surface area contributed by atoms with Crippen LogP contribution in [0.5, 0.6) is 5.75 Å². The van der Waals surface area contributed by atoms with Gasteiger partial charge in [0.15, 0.2) is 0 Å². The van der Waals surface area contributed by atoms with E-state index in [1.54, 1.807) is 42.5 Å². The Morgan fingerprint density at radius 1 is 1.12 bits per heavy atom. The van der Waals surface area contributed by atoms with Crippen LogP contribution in [0.2, 0.25) is 0 Å². The van der Waals surface area contributed by atoms with E-state index in [2.05, 4.69) is 5.32 Å². The lowest BCUT2D eigenvalue weighted by molar-refractivity contribution is -0.120. The van der Waals surface area contributed by atoms with Gasteiger partial charge in [-0.25, -0.2) is 8.42 Å². The van der Waals surface area contributed by atoms with Crippen LogP contribution < -0.4 is 5.32 Å². The molecule has 1 aliphatic heterocycles. The largest absolute Gasteiger partial charge is 0.506 e. The minimum atomic E-state index is -3.77. The van der Waals surface area contributed by atoms with Gasteiger partial charge in [0.05, 0.1) is 10.6 Å². The molecule has 6 nitrogen and oxygen atoms in total. The van der Waals surface area contributed by atoms with Gasteiger partial charge in [-0.15, -0.1) is 0 Å².